The summed E-state index contributed by atoms with van der Waals surface area (Å²) in [5, 5.41) is 14.6. The quantitative estimate of drug-likeness (QED) is 0.701. The van der Waals surface area contributed by atoms with Crippen molar-refractivity contribution in [2.45, 2.75) is 64.8 Å². The topological polar surface area (TPSA) is 78.4 Å². The summed E-state index contributed by atoms with van der Waals surface area (Å²) < 4.78 is 0. The summed E-state index contributed by atoms with van der Waals surface area (Å²) in [5.74, 6) is 0.333. The van der Waals surface area contributed by atoms with E-state index in [9.17, 15) is 14.7 Å². The predicted octanol–water partition coefficient (Wildman–Crippen LogP) is 2.76. The standard InChI is InChI=1S/C15H28N2O3/c1-4-9-15(3,13(18)19)17-14(20)16-10-12-7-5-11(2)6-8-12/h11-12H,4-10H2,1-3H3,(H,18,19)(H2,16,17,20). The van der Waals surface area contributed by atoms with Crippen LogP contribution in [0.5, 0.6) is 0 Å². The molecule has 0 saturated heterocycles. The predicted molar refractivity (Wildman–Crippen MR) is 78.6 cm³/mol. The molecule has 0 aromatic rings. The van der Waals surface area contributed by atoms with Gasteiger partial charge in [0.05, 0.1) is 0 Å². The van der Waals surface area contributed by atoms with E-state index in [1.165, 1.54) is 12.8 Å². The molecule has 3 N–H and O–H groups in total. The first-order valence-electron chi connectivity index (χ1n) is 7.66. The minimum absolute atomic E-state index is 0.373. The summed E-state index contributed by atoms with van der Waals surface area (Å²) >= 11 is 0. The number of urea groups is 1. The van der Waals surface area contributed by atoms with Gasteiger partial charge >= 0.3 is 12.0 Å². The Balaban J connectivity index is 2.37. The number of carbonyl (C=O) groups excluding carboxylic acids is 1. The van der Waals surface area contributed by atoms with Gasteiger partial charge in [-0.05, 0) is 38.0 Å². The first-order valence-corrected chi connectivity index (χ1v) is 7.66. The summed E-state index contributed by atoms with van der Waals surface area (Å²) in [6.45, 7) is 6.37. The van der Waals surface area contributed by atoms with Crippen molar-refractivity contribution in [2.75, 3.05) is 6.54 Å². The van der Waals surface area contributed by atoms with Gasteiger partial charge in [-0.25, -0.2) is 9.59 Å². The van der Waals surface area contributed by atoms with Gasteiger partial charge in [0.2, 0.25) is 0 Å². The monoisotopic (exact) mass is 284 g/mol. The van der Waals surface area contributed by atoms with Crippen LogP contribution in [-0.2, 0) is 4.79 Å². The van der Waals surface area contributed by atoms with E-state index in [1.54, 1.807) is 6.92 Å². The zero-order valence-corrected chi connectivity index (χ0v) is 12.9. The molecule has 5 heteroatoms. The number of nitrogens with one attached hydrogen (secondary N) is 2. The maximum Gasteiger partial charge on any atom is 0.329 e. The van der Waals surface area contributed by atoms with Gasteiger partial charge in [-0.1, -0.05) is 33.1 Å². The fourth-order valence-electron chi connectivity index (χ4n) is 2.79. The molecule has 0 bridgehead atoms. The molecule has 2 amide bonds. The van der Waals surface area contributed by atoms with E-state index in [0.717, 1.165) is 18.8 Å². The Labute approximate surface area is 121 Å². The van der Waals surface area contributed by atoms with Crippen LogP contribution in [0.2, 0.25) is 0 Å². The minimum atomic E-state index is -1.18. The number of hydrogen-bond donors (Lipinski definition) is 3. The molecule has 0 aliphatic heterocycles. The van der Waals surface area contributed by atoms with E-state index >= 15 is 0 Å². The van der Waals surface area contributed by atoms with Gasteiger partial charge in [-0.15, -0.1) is 0 Å². The van der Waals surface area contributed by atoms with Gasteiger partial charge in [-0.2, -0.15) is 0 Å². The lowest BCUT2D eigenvalue weighted by atomic mass is 9.83. The third-order valence-corrected chi connectivity index (χ3v) is 4.30. The maximum absolute atomic E-state index is 11.9. The average molecular weight is 284 g/mol. The largest absolute Gasteiger partial charge is 0.480 e. The molecule has 1 saturated carbocycles. The Bertz CT molecular complexity index is 338. The highest BCUT2D eigenvalue weighted by Gasteiger charge is 2.33. The molecule has 1 fully saturated rings. The molecule has 1 rings (SSSR count). The van der Waals surface area contributed by atoms with Gasteiger partial charge in [-0.3, -0.25) is 0 Å². The van der Waals surface area contributed by atoms with E-state index < -0.39 is 11.5 Å². The van der Waals surface area contributed by atoms with Crippen LogP contribution >= 0.6 is 0 Å². The number of rotatable bonds is 6. The summed E-state index contributed by atoms with van der Waals surface area (Å²) in [7, 11) is 0. The summed E-state index contributed by atoms with van der Waals surface area (Å²) in [4.78, 5) is 23.1. The van der Waals surface area contributed by atoms with Crippen LogP contribution in [0.1, 0.15) is 59.3 Å². The molecule has 0 spiro atoms. The summed E-state index contributed by atoms with van der Waals surface area (Å²) in [5.41, 5.74) is -1.18. The lowest BCUT2D eigenvalue weighted by molar-refractivity contribution is -0.144. The average Bonchev–Trinajstić information content (AvgIpc) is 2.38. The second-order valence-corrected chi connectivity index (χ2v) is 6.35. The van der Waals surface area contributed by atoms with Crippen LogP contribution in [0.3, 0.4) is 0 Å². The van der Waals surface area contributed by atoms with Crippen molar-refractivity contribution in [3.05, 3.63) is 0 Å². The Kier molecular flexibility index (Phi) is 6.30. The van der Waals surface area contributed by atoms with Gasteiger partial charge in [0.1, 0.15) is 5.54 Å². The highest BCUT2D eigenvalue weighted by Crippen LogP contribution is 2.27. The molecule has 5 nitrogen and oxygen atoms in total. The Morgan fingerprint density at radius 2 is 1.85 bits per heavy atom. The van der Waals surface area contributed by atoms with E-state index in [2.05, 4.69) is 17.6 Å². The van der Waals surface area contributed by atoms with Crippen molar-refractivity contribution in [1.82, 2.24) is 10.6 Å². The first kappa shape index (κ1) is 16.8. The van der Waals surface area contributed by atoms with Gasteiger partial charge in [0.25, 0.3) is 0 Å². The smallest absolute Gasteiger partial charge is 0.329 e. The van der Waals surface area contributed by atoms with Crippen molar-refractivity contribution >= 4 is 12.0 Å². The van der Waals surface area contributed by atoms with Crippen molar-refractivity contribution in [3.8, 4) is 0 Å². The third-order valence-electron chi connectivity index (χ3n) is 4.30. The second-order valence-electron chi connectivity index (χ2n) is 6.35. The van der Waals surface area contributed by atoms with Gasteiger partial charge in [0.15, 0.2) is 0 Å². The number of carboxylic acids is 1. The van der Waals surface area contributed by atoms with E-state index in [4.69, 9.17) is 0 Å². The minimum Gasteiger partial charge on any atom is -0.480 e. The van der Waals surface area contributed by atoms with Crippen molar-refractivity contribution in [2.24, 2.45) is 11.8 Å². The molecule has 20 heavy (non-hydrogen) atoms. The Morgan fingerprint density at radius 3 is 2.35 bits per heavy atom. The van der Waals surface area contributed by atoms with E-state index in [1.807, 2.05) is 6.92 Å². The lowest BCUT2D eigenvalue weighted by Crippen LogP contribution is -2.55. The van der Waals surface area contributed by atoms with Crippen molar-refractivity contribution in [1.29, 1.82) is 0 Å². The van der Waals surface area contributed by atoms with Crippen LogP contribution in [0.4, 0.5) is 4.79 Å². The fraction of sp³-hybridized carbons (Fsp3) is 0.867. The number of carboxylic acid groups (broad SMARTS) is 1. The molecule has 0 aromatic heterocycles. The molecule has 116 valence electrons. The van der Waals surface area contributed by atoms with Gasteiger partial charge in [0, 0.05) is 6.54 Å². The van der Waals surface area contributed by atoms with Crippen LogP contribution in [-0.4, -0.2) is 29.2 Å². The van der Waals surface area contributed by atoms with E-state index in [0.29, 0.717) is 25.3 Å². The van der Waals surface area contributed by atoms with E-state index in [-0.39, 0.29) is 6.03 Å². The fourth-order valence-corrected chi connectivity index (χ4v) is 2.79. The maximum atomic E-state index is 11.9. The molecular formula is C15H28N2O3. The molecule has 1 aliphatic carbocycles. The summed E-state index contributed by atoms with van der Waals surface area (Å²) in [6, 6.07) is -0.373. The second kappa shape index (κ2) is 7.50. The van der Waals surface area contributed by atoms with Crippen LogP contribution in [0.25, 0.3) is 0 Å². The number of hydrogen-bond acceptors (Lipinski definition) is 2. The number of aliphatic carboxylic acids is 1. The molecule has 0 heterocycles. The van der Waals surface area contributed by atoms with Crippen LogP contribution in [0, 0.1) is 11.8 Å². The molecular weight excluding hydrogens is 256 g/mol. The molecule has 1 aliphatic rings. The normalized spacial score (nSPS) is 25.6. The van der Waals surface area contributed by atoms with Crippen molar-refractivity contribution < 1.29 is 14.7 Å². The zero-order chi connectivity index (χ0) is 15.2. The Hall–Kier alpha value is -1.26. The SMILES string of the molecule is CCCC(C)(NC(=O)NCC1CCC(C)CC1)C(=O)O. The molecule has 0 aromatic carbocycles. The summed E-state index contributed by atoms with van der Waals surface area (Å²) in [6.07, 6.45) is 5.87. The van der Waals surface area contributed by atoms with Crippen LogP contribution in [0.15, 0.2) is 0 Å². The Morgan fingerprint density at radius 1 is 1.25 bits per heavy atom. The first-order chi connectivity index (χ1) is 9.37. The third kappa shape index (κ3) is 5.02. The molecule has 0 radical (unpaired) electrons. The number of amides is 2. The molecule has 1 unspecified atom stereocenters. The molecule has 1 atom stereocenters. The highest BCUT2D eigenvalue weighted by molar-refractivity contribution is 5.85. The van der Waals surface area contributed by atoms with Crippen molar-refractivity contribution in [3.63, 3.8) is 0 Å². The highest BCUT2D eigenvalue weighted by atomic mass is 16.4. The van der Waals surface area contributed by atoms with Gasteiger partial charge < -0.3 is 15.7 Å². The van der Waals surface area contributed by atoms with Crippen LogP contribution < -0.4 is 10.6 Å². The lowest BCUT2D eigenvalue weighted by Gasteiger charge is -2.28. The zero-order valence-electron chi connectivity index (χ0n) is 12.9. The number of carbonyl (C=O) groups is 2.